The summed E-state index contributed by atoms with van der Waals surface area (Å²) in [6, 6.07) is 9.60. The SMILES string of the molecule is CCCCOc1ccc(/C=N\Nc2cc(-n3cc(C)cn3)ncn2)cc1. The predicted octanol–water partition coefficient (Wildman–Crippen LogP) is 3.60. The second-order valence-corrected chi connectivity index (χ2v) is 5.86. The van der Waals surface area contributed by atoms with Crippen molar-refractivity contribution in [2.75, 3.05) is 12.0 Å². The molecule has 0 atom stereocenters. The maximum atomic E-state index is 5.65. The molecular weight excluding hydrogens is 328 g/mol. The average molecular weight is 350 g/mol. The smallest absolute Gasteiger partial charge is 0.158 e. The Morgan fingerprint density at radius 2 is 2.08 bits per heavy atom. The molecule has 3 aromatic rings. The molecule has 1 N–H and O–H groups in total. The molecule has 0 bridgehead atoms. The molecule has 0 spiro atoms. The number of ether oxygens (including phenoxy) is 1. The van der Waals surface area contributed by atoms with Crippen molar-refractivity contribution in [3.8, 4) is 11.6 Å². The Balaban J connectivity index is 1.58. The Kier molecular flexibility index (Phi) is 5.92. The molecule has 0 unspecified atom stereocenters. The van der Waals surface area contributed by atoms with Crippen molar-refractivity contribution in [3.63, 3.8) is 0 Å². The maximum Gasteiger partial charge on any atom is 0.158 e. The molecule has 26 heavy (non-hydrogen) atoms. The molecule has 0 aliphatic carbocycles. The lowest BCUT2D eigenvalue weighted by atomic mass is 10.2. The summed E-state index contributed by atoms with van der Waals surface area (Å²) in [7, 11) is 0. The van der Waals surface area contributed by atoms with Gasteiger partial charge in [0.05, 0.1) is 19.0 Å². The first-order valence-corrected chi connectivity index (χ1v) is 8.60. The van der Waals surface area contributed by atoms with Gasteiger partial charge in [-0.25, -0.2) is 14.6 Å². The van der Waals surface area contributed by atoms with Crippen molar-refractivity contribution >= 4 is 12.0 Å². The molecule has 0 saturated heterocycles. The molecular formula is C19H22N6O. The molecule has 3 rings (SSSR count). The molecule has 0 saturated carbocycles. The molecule has 134 valence electrons. The van der Waals surface area contributed by atoms with Crippen molar-refractivity contribution in [1.29, 1.82) is 0 Å². The fraction of sp³-hybridized carbons (Fsp3) is 0.263. The van der Waals surface area contributed by atoms with Gasteiger partial charge in [0.1, 0.15) is 12.1 Å². The summed E-state index contributed by atoms with van der Waals surface area (Å²) in [4.78, 5) is 8.37. The minimum absolute atomic E-state index is 0.596. The summed E-state index contributed by atoms with van der Waals surface area (Å²) >= 11 is 0. The van der Waals surface area contributed by atoms with Gasteiger partial charge in [-0.1, -0.05) is 13.3 Å². The summed E-state index contributed by atoms with van der Waals surface area (Å²) in [5.41, 5.74) is 4.95. The molecule has 0 amide bonds. The summed E-state index contributed by atoms with van der Waals surface area (Å²) < 4.78 is 7.34. The van der Waals surface area contributed by atoms with Crippen LogP contribution in [0.3, 0.4) is 0 Å². The standard InChI is InChI=1S/C19H22N6O/c1-3-4-9-26-17-7-5-16(6-8-17)12-22-24-18-10-19(21-14-20-18)25-13-15(2)11-23-25/h5-8,10-14H,3-4,9H2,1-2H3,(H,20,21,24)/b22-12-. The normalized spacial score (nSPS) is 11.0. The number of aromatic nitrogens is 4. The first kappa shape index (κ1) is 17.6. The number of benzene rings is 1. The van der Waals surface area contributed by atoms with E-state index in [9.17, 15) is 0 Å². The maximum absolute atomic E-state index is 5.65. The third kappa shape index (κ3) is 4.89. The third-order valence-corrected chi connectivity index (χ3v) is 3.64. The Morgan fingerprint density at radius 1 is 1.23 bits per heavy atom. The van der Waals surface area contributed by atoms with Crippen LogP contribution < -0.4 is 10.2 Å². The van der Waals surface area contributed by atoms with E-state index in [1.54, 1.807) is 23.2 Å². The molecule has 1 aromatic carbocycles. The number of rotatable bonds is 8. The van der Waals surface area contributed by atoms with Crippen LogP contribution in [0.5, 0.6) is 5.75 Å². The second kappa shape index (κ2) is 8.75. The minimum atomic E-state index is 0.596. The largest absolute Gasteiger partial charge is 0.494 e. The van der Waals surface area contributed by atoms with Gasteiger partial charge in [0.15, 0.2) is 11.6 Å². The first-order chi connectivity index (χ1) is 12.7. The van der Waals surface area contributed by atoms with E-state index >= 15 is 0 Å². The topological polar surface area (TPSA) is 77.2 Å². The van der Waals surface area contributed by atoms with Crippen LogP contribution in [-0.2, 0) is 0 Å². The van der Waals surface area contributed by atoms with Crippen LogP contribution in [0.25, 0.3) is 5.82 Å². The van der Waals surface area contributed by atoms with Crippen molar-refractivity contribution in [3.05, 3.63) is 60.2 Å². The second-order valence-electron chi connectivity index (χ2n) is 5.86. The van der Waals surface area contributed by atoms with Gasteiger partial charge in [-0.15, -0.1) is 0 Å². The fourth-order valence-electron chi connectivity index (χ4n) is 2.23. The first-order valence-electron chi connectivity index (χ1n) is 8.60. The van der Waals surface area contributed by atoms with E-state index in [1.807, 2.05) is 37.4 Å². The lowest BCUT2D eigenvalue weighted by Gasteiger charge is -2.05. The Bertz CT molecular complexity index is 856. The number of hydrogen-bond acceptors (Lipinski definition) is 6. The van der Waals surface area contributed by atoms with Crippen LogP contribution in [-0.4, -0.2) is 32.6 Å². The molecule has 0 aliphatic rings. The minimum Gasteiger partial charge on any atom is -0.494 e. The molecule has 7 heteroatoms. The highest BCUT2D eigenvalue weighted by molar-refractivity contribution is 5.80. The van der Waals surface area contributed by atoms with Crippen molar-refractivity contribution < 1.29 is 4.74 Å². The van der Waals surface area contributed by atoms with E-state index in [2.05, 4.69) is 32.5 Å². The van der Waals surface area contributed by atoms with Gasteiger partial charge in [-0.3, -0.25) is 5.43 Å². The molecule has 0 aliphatic heterocycles. The monoisotopic (exact) mass is 350 g/mol. The number of unbranched alkanes of at least 4 members (excludes halogenated alkanes) is 1. The quantitative estimate of drug-likeness (QED) is 0.382. The summed E-state index contributed by atoms with van der Waals surface area (Å²) in [5.74, 6) is 2.15. The third-order valence-electron chi connectivity index (χ3n) is 3.64. The highest BCUT2D eigenvalue weighted by atomic mass is 16.5. The van der Waals surface area contributed by atoms with Gasteiger partial charge in [0.2, 0.25) is 0 Å². The molecule has 2 aromatic heterocycles. The van der Waals surface area contributed by atoms with E-state index < -0.39 is 0 Å². The van der Waals surface area contributed by atoms with Gasteiger partial charge >= 0.3 is 0 Å². The number of nitrogens with one attached hydrogen (secondary N) is 1. The summed E-state index contributed by atoms with van der Waals surface area (Å²) in [6.45, 7) is 4.87. The van der Waals surface area contributed by atoms with Gasteiger partial charge in [0.25, 0.3) is 0 Å². The lowest BCUT2D eigenvalue weighted by molar-refractivity contribution is 0.309. The lowest BCUT2D eigenvalue weighted by Crippen LogP contribution is -2.01. The molecule has 7 nitrogen and oxygen atoms in total. The van der Waals surface area contributed by atoms with Crippen molar-refractivity contribution in [2.45, 2.75) is 26.7 Å². The molecule has 0 radical (unpaired) electrons. The van der Waals surface area contributed by atoms with E-state index in [4.69, 9.17) is 4.74 Å². The summed E-state index contributed by atoms with van der Waals surface area (Å²) in [6.07, 6.45) is 9.08. The van der Waals surface area contributed by atoms with Crippen LogP contribution >= 0.6 is 0 Å². The zero-order chi connectivity index (χ0) is 18.2. The van der Waals surface area contributed by atoms with E-state index in [0.29, 0.717) is 11.6 Å². The number of anilines is 1. The van der Waals surface area contributed by atoms with Crippen LogP contribution in [0.2, 0.25) is 0 Å². The van der Waals surface area contributed by atoms with Crippen LogP contribution in [0.1, 0.15) is 30.9 Å². The zero-order valence-electron chi connectivity index (χ0n) is 15.0. The number of hydrogen-bond donors (Lipinski definition) is 1. The van der Waals surface area contributed by atoms with Crippen LogP contribution in [0, 0.1) is 6.92 Å². The molecule has 0 fully saturated rings. The van der Waals surface area contributed by atoms with Crippen LogP contribution in [0.15, 0.2) is 54.2 Å². The molecule has 2 heterocycles. The van der Waals surface area contributed by atoms with Gasteiger partial charge < -0.3 is 4.74 Å². The van der Waals surface area contributed by atoms with Crippen molar-refractivity contribution in [2.24, 2.45) is 5.10 Å². The predicted molar refractivity (Wildman–Crippen MR) is 102 cm³/mol. The Labute approximate surface area is 152 Å². The highest BCUT2D eigenvalue weighted by Crippen LogP contribution is 2.12. The fourth-order valence-corrected chi connectivity index (χ4v) is 2.23. The average Bonchev–Trinajstić information content (AvgIpc) is 3.10. The Hall–Kier alpha value is -3.22. The van der Waals surface area contributed by atoms with Gasteiger partial charge in [-0.05, 0) is 48.7 Å². The van der Waals surface area contributed by atoms with E-state index in [1.165, 1.54) is 6.33 Å². The zero-order valence-corrected chi connectivity index (χ0v) is 15.0. The number of hydrazone groups is 1. The number of nitrogens with zero attached hydrogens (tertiary/aromatic N) is 5. The van der Waals surface area contributed by atoms with E-state index in [-0.39, 0.29) is 0 Å². The van der Waals surface area contributed by atoms with Crippen LogP contribution in [0.4, 0.5) is 5.82 Å². The van der Waals surface area contributed by atoms with E-state index in [0.717, 1.165) is 36.3 Å². The van der Waals surface area contributed by atoms with Gasteiger partial charge in [0, 0.05) is 12.3 Å². The number of aryl methyl sites for hydroxylation is 1. The Morgan fingerprint density at radius 3 is 2.81 bits per heavy atom. The summed E-state index contributed by atoms with van der Waals surface area (Å²) in [5, 5.41) is 8.46. The van der Waals surface area contributed by atoms with Gasteiger partial charge in [-0.2, -0.15) is 10.2 Å². The highest BCUT2D eigenvalue weighted by Gasteiger charge is 2.02. The van der Waals surface area contributed by atoms with Crippen molar-refractivity contribution in [1.82, 2.24) is 19.7 Å².